The molecule has 2 rings (SSSR count). The molecule has 6 heteroatoms. The van der Waals surface area contributed by atoms with Crippen LogP contribution in [-0.4, -0.2) is 27.0 Å². The Morgan fingerprint density at radius 3 is 2.76 bits per heavy atom. The molecule has 0 saturated carbocycles. The van der Waals surface area contributed by atoms with Crippen molar-refractivity contribution in [2.24, 2.45) is 5.41 Å². The number of aromatic nitrogens is 2. The minimum atomic E-state index is -0.735. The summed E-state index contributed by atoms with van der Waals surface area (Å²) in [5, 5.41) is 12.7. The molecule has 0 aliphatic heterocycles. The molecule has 0 bridgehead atoms. The average molecular weight is 354 g/mol. The van der Waals surface area contributed by atoms with E-state index in [0.29, 0.717) is 25.9 Å². The fourth-order valence-corrected chi connectivity index (χ4v) is 2.78. The van der Waals surface area contributed by atoms with Crippen LogP contribution in [0.1, 0.15) is 32.4 Å². The van der Waals surface area contributed by atoms with Crippen molar-refractivity contribution >= 4 is 27.5 Å². The zero-order valence-corrected chi connectivity index (χ0v) is 13.9. The predicted molar refractivity (Wildman–Crippen MR) is 85.2 cm³/mol. The van der Waals surface area contributed by atoms with E-state index >= 15 is 0 Å². The van der Waals surface area contributed by atoms with Gasteiger partial charge in [0, 0.05) is 23.8 Å². The van der Waals surface area contributed by atoms with E-state index < -0.39 is 11.4 Å². The lowest BCUT2D eigenvalue weighted by molar-refractivity contribution is -0.149. The molecule has 2 heterocycles. The molecule has 0 aliphatic carbocycles. The molecule has 0 aliphatic rings. The minimum absolute atomic E-state index is 0.455. The molecule has 2 N–H and O–H groups in total. The molecule has 0 aromatic carbocycles. The number of halogens is 1. The molecule has 0 fully saturated rings. The first kappa shape index (κ1) is 16.0. The highest BCUT2D eigenvalue weighted by Crippen LogP contribution is 2.25. The van der Waals surface area contributed by atoms with Crippen LogP contribution in [0.25, 0.3) is 5.65 Å². The number of nitrogens with one attached hydrogen (secondary N) is 1. The zero-order chi connectivity index (χ0) is 15.5. The lowest BCUT2D eigenvalue weighted by Crippen LogP contribution is -2.40. The third kappa shape index (κ3) is 3.27. The van der Waals surface area contributed by atoms with E-state index in [4.69, 9.17) is 0 Å². The van der Waals surface area contributed by atoms with Gasteiger partial charge in [-0.05, 0) is 40.9 Å². The van der Waals surface area contributed by atoms with Crippen molar-refractivity contribution in [3.63, 3.8) is 0 Å². The topological polar surface area (TPSA) is 66.6 Å². The molecule has 0 spiro atoms. The fraction of sp³-hybridized carbons (Fsp3) is 0.467. The summed E-state index contributed by atoms with van der Waals surface area (Å²) in [6, 6.07) is 3.89. The van der Waals surface area contributed by atoms with Gasteiger partial charge >= 0.3 is 5.97 Å². The Labute approximate surface area is 132 Å². The molecular formula is C15H20BrN3O2. The van der Waals surface area contributed by atoms with E-state index in [9.17, 15) is 9.90 Å². The van der Waals surface area contributed by atoms with E-state index in [0.717, 1.165) is 15.8 Å². The van der Waals surface area contributed by atoms with Crippen LogP contribution in [0.5, 0.6) is 0 Å². The number of carboxylic acid groups (broad SMARTS) is 1. The van der Waals surface area contributed by atoms with Crippen molar-refractivity contribution in [3.8, 4) is 0 Å². The second kappa shape index (κ2) is 6.58. The molecule has 0 atom stereocenters. The van der Waals surface area contributed by atoms with E-state index in [1.807, 2.05) is 42.8 Å². The number of hydrogen-bond acceptors (Lipinski definition) is 3. The summed E-state index contributed by atoms with van der Waals surface area (Å²) in [5.74, 6) is -0.735. The van der Waals surface area contributed by atoms with Crippen LogP contribution in [0.3, 0.4) is 0 Å². The molecule has 21 heavy (non-hydrogen) atoms. The fourth-order valence-electron chi connectivity index (χ4n) is 2.44. The van der Waals surface area contributed by atoms with E-state index in [1.165, 1.54) is 0 Å². The van der Waals surface area contributed by atoms with Gasteiger partial charge in [0.1, 0.15) is 5.65 Å². The molecular weight excluding hydrogens is 334 g/mol. The summed E-state index contributed by atoms with van der Waals surface area (Å²) in [6.45, 7) is 4.89. The van der Waals surface area contributed by atoms with Crippen LogP contribution in [0.2, 0.25) is 0 Å². The number of pyridine rings is 1. The largest absolute Gasteiger partial charge is 0.481 e. The first-order valence-electron chi connectivity index (χ1n) is 7.08. The van der Waals surface area contributed by atoms with Crippen LogP contribution >= 0.6 is 15.9 Å². The maximum atomic E-state index is 11.5. The SMILES string of the molecule is CCC(CC)(CNCc1cnc2ccc(Br)cn12)C(=O)O. The van der Waals surface area contributed by atoms with Gasteiger partial charge in [-0.3, -0.25) is 4.79 Å². The zero-order valence-electron chi connectivity index (χ0n) is 12.3. The number of nitrogens with zero attached hydrogens (tertiary/aromatic N) is 2. The van der Waals surface area contributed by atoms with E-state index in [1.54, 1.807) is 0 Å². The summed E-state index contributed by atoms with van der Waals surface area (Å²) < 4.78 is 2.98. The highest BCUT2D eigenvalue weighted by atomic mass is 79.9. The van der Waals surface area contributed by atoms with Gasteiger partial charge in [0.25, 0.3) is 0 Å². The van der Waals surface area contributed by atoms with Gasteiger partial charge in [-0.25, -0.2) is 4.98 Å². The summed E-state index contributed by atoms with van der Waals surface area (Å²) in [7, 11) is 0. The smallest absolute Gasteiger partial charge is 0.310 e. The van der Waals surface area contributed by atoms with E-state index in [2.05, 4.69) is 26.2 Å². The standard InChI is InChI=1S/C15H20BrN3O2/c1-3-15(4-2,14(20)21)10-17-7-12-8-18-13-6-5-11(16)9-19(12)13/h5-6,8-9,17H,3-4,7,10H2,1-2H3,(H,20,21). The summed E-state index contributed by atoms with van der Waals surface area (Å²) >= 11 is 3.45. The second-order valence-electron chi connectivity index (χ2n) is 5.22. The van der Waals surface area contributed by atoms with Crippen molar-refractivity contribution in [1.29, 1.82) is 0 Å². The van der Waals surface area contributed by atoms with Crippen molar-refractivity contribution in [3.05, 3.63) is 34.7 Å². The van der Waals surface area contributed by atoms with Crippen LogP contribution in [-0.2, 0) is 11.3 Å². The summed E-state index contributed by atoms with van der Waals surface area (Å²) in [6.07, 6.45) is 5.01. The third-order valence-electron chi connectivity index (χ3n) is 4.12. The van der Waals surface area contributed by atoms with E-state index in [-0.39, 0.29) is 0 Å². The van der Waals surface area contributed by atoms with Crippen molar-refractivity contribution in [2.75, 3.05) is 6.54 Å². The Morgan fingerprint density at radius 1 is 1.43 bits per heavy atom. The molecule has 0 saturated heterocycles. The van der Waals surface area contributed by atoms with Crippen LogP contribution in [0.15, 0.2) is 29.0 Å². The Kier molecular flexibility index (Phi) is 5.00. The van der Waals surface area contributed by atoms with Crippen LogP contribution in [0, 0.1) is 5.41 Å². The second-order valence-corrected chi connectivity index (χ2v) is 6.14. The number of rotatable bonds is 7. The third-order valence-corrected chi connectivity index (χ3v) is 4.59. The number of hydrogen-bond donors (Lipinski definition) is 2. The van der Waals surface area contributed by atoms with Gasteiger partial charge in [0.05, 0.1) is 17.3 Å². The lowest BCUT2D eigenvalue weighted by Gasteiger charge is -2.26. The number of carbonyl (C=O) groups is 1. The predicted octanol–water partition coefficient (Wildman–Crippen LogP) is 3.08. The molecule has 2 aromatic heterocycles. The highest BCUT2D eigenvalue weighted by molar-refractivity contribution is 9.10. The van der Waals surface area contributed by atoms with Crippen LogP contribution in [0.4, 0.5) is 0 Å². The maximum Gasteiger partial charge on any atom is 0.310 e. The molecule has 2 aromatic rings. The average Bonchev–Trinajstić information content (AvgIpc) is 2.86. The summed E-state index contributed by atoms with van der Waals surface area (Å²) in [5.41, 5.74) is 1.20. The molecule has 0 amide bonds. The quantitative estimate of drug-likeness (QED) is 0.802. The van der Waals surface area contributed by atoms with Gasteiger partial charge in [0.15, 0.2) is 0 Å². The lowest BCUT2D eigenvalue weighted by atomic mass is 9.82. The van der Waals surface area contributed by atoms with Crippen LogP contribution < -0.4 is 5.32 Å². The van der Waals surface area contributed by atoms with Gasteiger partial charge < -0.3 is 14.8 Å². The first-order valence-corrected chi connectivity index (χ1v) is 7.87. The number of fused-ring (bicyclic) bond motifs is 1. The Bertz CT molecular complexity index is 635. The number of aliphatic carboxylic acids is 1. The molecule has 0 unspecified atom stereocenters. The van der Waals surface area contributed by atoms with Gasteiger partial charge in [-0.1, -0.05) is 13.8 Å². The Morgan fingerprint density at radius 2 is 2.14 bits per heavy atom. The minimum Gasteiger partial charge on any atom is -0.481 e. The van der Waals surface area contributed by atoms with Gasteiger partial charge in [0.2, 0.25) is 0 Å². The van der Waals surface area contributed by atoms with Crippen molar-refractivity contribution in [1.82, 2.24) is 14.7 Å². The molecule has 0 radical (unpaired) electrons. The summed E-state index contributed by atoms with van der Waals surface area (Å²) in [4.78, 5) is 15.8. The first-order chi connectivity index (χ1) is 10.0. The number of imidazole rings is 1. The molecule has 5 nitrogen and oxygen atoms in total. The normalized spacial score (nSPS) is 12.0. The van der Waals surface area contributed by atoms with Crippen molar-refractivity contribution < 1.29 is 9.90 Å². The molecule has 114 valence electrons. The van der Waals surface area contributed by atoms with Crippen molar-refractivity contribution in [2.45, 2.75) is 33.2 Å². The Balaban J connectivity index is 2.08. The highest BCUT2D eigenvalue weighted by Gasteiger charge is 2.34. The van der Waals surface area contributed by atoms with Gasteiger partial charge in [-0.2, -0.15) is 0 Å². The maximum absolute atomic E-state index is 11.5. The monoisotopic (exact) mass is 353 g/mol. The van der Waals surface area contributed by atoms with Gasteiger partial charge in [-0.15, -0.1) is 0 Å². The number of carboxylic acids is 1. The Hall–Kier alpha value is -1.40.